The molecule has 2 aromatic rings. The lowest BCUT2D eigenvalue weighted by Crippen LogP contribution is -1.96. The summed E-state index contributed by atoms with van der Waals surface area (Å²) in [6.07, 6.45) is 0. The zero-order chi connectivity index (χ0) is 12.3. The van der Waals surface area contributed by atoms with Crippen LogP contribution in [0.3, 0.4) is 0 Å². The molecule has 2 N–H and O–H groups in total. The van der Waals surface area contributed by atoms with Gasteiger partial charge in [-0.3, -0.25) is 0 Å². The second-order valence-corrected chi connectivity index (χ2v) is 4.10. The molecule has 2 aromatic carbocycles. The largest absolute Gasteiger partial charge is 0.493 e. The first-order valence-corrected chi connectivity index (χ1v) is 5.87. The van der Waals surface area contributed by atoms with E-state index in [1.165, 1.54) is 0 Å². The molecule has 0 saturated carbocycles. The van der Waals surface area contributed by atoms with E-state index in [1.807, 2.05) is 37.3 Å². The molecule has 0 saturated heterocycles. The SMILES string of the molecule is CCOc1ccccc1-c1cc(Cl)ccc1N. The molecule has 88 valence electrons. The summed E-state index contributed by atoms with van der Waals surface area (Å²) in [5.74, 6) is 0.823. The summed E-state index contributed by atoms with van der Waals surface area (Å²) < 4.78 is 5.59. The molecule has 0 radical (unpaired) electrons. The lowest BCUT2D eigenvalue weighted by atomic mass is 10.0. The highest BCUT2D eigenvalue weighted by Gasteiger charge is 2.08. The van der Waals surface area contributed by atoms with E-state index in [0.717, 1.165) is 16.9 Å². The van der Waals surface area contributed by atoms with Crippen LogP contribution in [0.1, 0.15) is 6.92 Å². The van der Waals surface area contributed by atoms with Gasteiger partial charge in [0, 0.05) is 21.8 Å². The monoisotopic (exact) mass is 247 g/mol. The molecular weight excluding hydrogens is 234 g/mol. The minimum Gasteiger partial charge on any atom is -0.493 e. The van der Waals surface area contributed by atoms with Crippen molar-refractivity contribution in [2.24, 2.45) is 0 Å². The van der Waals surface area contributed by atoms with Crippen LogP contribution < -0.4 is 10.5 Å². The maximum absolute atomic E-state index is 6.00. The van der Waals surface area contributed by atoms with Gasteiger partial charge in [-0.15, -0.1) is 0 Å². The van der Waals surface area contributed by atoms with Gasteiger partial charge in [-0.2, -0.15) is 0 Å². The molecule has 2 rings (SSSR count). The molecule has 0 unspecified atom stereocenters. The van der Waals surface area contributed by atoms with Gasteiger partial charge in [-0.25, -0.2) is 0 Å². The first-order chi connectivity index (χ1) is 8.22. The minimum absolute atomic E-state index is 0.623. The molecule has 0 atom stereocenters. The number of para-hydroxylation sites is 1. The van der Waals surface area contributed by atoms with Crippen LogP contribution >= 0.6 is 11.6 Å². The van der Waals surface area contributed by atoms with E-state index in [4.69, 9.17) is 22.1 Å². The summed E-state index contributed by atoms with van der Waals surface area (Å²) >= 11 is 6.00. The fourth-order valence-electron chi connectivity index (χ4n) is 1.73. The Morgan fingerprint density at radius 2 is 1.88 bits per heavy atom. The molecule has 0 amide bonds. The lowest BCUT2D eigenvalue weighted by Gasteiger charge is -2.12. The molecule has 17 heavy (non-hydrogen) atoms. The van der Waals surface area contributed by atoms with Gasteiger partial charge in [0.1, 0.15) is 5.75 Å². The van der Waals surface area contributed by atoms with Crippen molar-refractivity contribution < 1.29 is 4.74 Å². The summed E-state index contributed by atoms with van der Waals surface area (Å²) in [5.41, 5.74) is 8.54. The van der Waals surface area contributed by atoms with Gasteiger partial charge in [0.25, 0.3) is 0 Å². The molecule has 3 heteroatoms. The van der Waals surface area contributed by atoms with Crippen LogP contribution in [0.4, 0.5) is 5.69 Å². The zero-order valence-electron chi connectivity index (χ0n) is 9.61. The Balaban J connectivity index is 2.55. The third kappa shape index (κ3) is 2.53. The lowest BCUT2D eigenvalue weighted by molar-refractivity contribution is 0.341. The van der Waals surface area contributed by atoms with E-state index in [1.54, 1.807) is 12.1 Å². The van der Waals surface area contributed by atoms with E-state index in [9.17, 15) is 0 Å². The number of nitrogen functional groups attached to an aromatic ring is 1. The van der Waals surface area contributed by atoms with Crippen LogP contribution in [0.5, 0.6) is 5.75 Å². The van der Waals surface area contributed by atoms with Crippen molar-refractivity contribution in [1.29, 1.82) is 0 Å². The first-order valence-electron chi connectivity index (χ1n) is 5.49. The highest BCUT2D eigenvalue weighted by atomic mass is 35.5. The number of hydrogen-bond acceptors (Lipinski definition) is 2. The third-order valence-corrected chi connectivity index (χ3v) is 2.73. The van der Waals surface area contributed by atoms with E-state index >= 15 is 0 Å². The van der Waals surface area contributed by atoms with Gasteiger partial charge in [-0.1, -0.05) is 29.8 Å². The molecular formula is C14H14ClNO. The number of anilines is 1. The van der Waals surface area contributed by atoms with Crippen LogP contribution in [0.15, 0.2) is 42.5 Å². The minimum atomic E-state index is 0.623. The fraction of sp³-hybridized carbons (Fsp3) is 0.143. The molecule has 0 bridgehead atoms. The van der Waals surface area contributed by atoms with E-state index < -0.39 is 0 Å². The Morgan fingerprint density at radius 1 is 1.12 bits per heavy atom. The van der Waals surface area contributed by atoms with Crippen molar-refractivity contribution in [2.45, 2.75) is 6.92 Å². The number of halogens is 1. The fourth-order valence-corrected chi connectivity index (χ4v) is 1.90. The van der Waals surface area contributed by atoms with Crippen molar-refractivity contribution in [3.05, 3.63) is 47.5 Å². The second kappa shape index (κ2) is 5.11. The van der Waals surface area contributed by atoms with Gasteiger partial charge in [-0.05, 0) is 31.2 Å². The van der Waals surface area contributed by atoms with Gasteiger partial charge in [0.05, 0.1) is 6.61 Å². The van der Waals surface area contributed by atoms with E-state index in [0.29, 0.717) is 17.3 Å². The van der Waals surface area contributed by atoms with Gasteiger partial charge < -0.3 is 10.5 Å². The molecule has 0 aliphatic heterocycles. The summed E-state index contributed by atoms with van der Waals surface area (Å²) in [5, 5.41) is 0.667. The van der Waals surface area contributed by atoms with Crippen LogP contribution in [-0.4, -0.2) is 6.61 Å². The van der Waals surface area contributed by atoms with Crippen molar-refractivity contribution in [2.75, 3.05) is 12.3 Å². The maximum Gasteiger partial charge on any atom is 0.127 e. The van der Waals surface area contributed by atoms with Crippen molar-refractivity contribution in [1.82, 2.24) is 0 Å². The van der Waals surface area contributed by atoms with Gasteiger partial charge in [0.15, 0.2) is 0 Å². The van der Waals surface area contributed by atoms with Crippen LogP contribution in [-0.2, 0) is 0 Å². The average molecular weight is 248 g/mol. The molecule has 0 aliphatic rings. The number of hydrogen-bond donors (Lipinski definition) is 1. The first kappa shape index (κ1) is 11.8. The molecule has 0 aliphatic carbocycles. The molecule has 0 aromatic heterocycles. The predicted octanol–water partition coefficient (Wildman–Crippen LogP) is 3.99. The number of nitrogens with two attached hydrogens (primary N) is 1. The Labute approximate surface area is 106 Å². The number of benzene rings is 2. The van der Waals surface area contributed by atoms with Crippen molar-refractivity contribution in [3.8, 4) is 16.9 Å². The summed E-state index contributed by atoms with van der Waals surface area (Å²) in [6, 6.07) is 13.2. The zero-order valence-corrected chi connectivity index (χ0v) is 10.4. The predicted molar refractivity (Wildman–Crippen MR) is 72.5 cm³/mol. The van der Waals surface area contributed by atoms with Crippen LogP contribution in [0, 0.1) is 0 Å². The van der Waals surface area contributed by atoms with Gasteiger partial charge in [0.2, 0.25) is 0 Å². The third-order valence-electron chi connectivity index (χ3n) is 2.49. The smallest absolute Gasteiger partial charge is 0.127 e. The van der Waals surface area contributed by atoms with E-state index in [-0.39, 0.29) is 0 Å². The normalized spacial score (nSPS) is 10.2. The second-order valence-electron chi connectivity index (χ2n) is 3.66. The van der Waals surface area contributed by atoms with Crippen LogP contribution in [0.25, 0.3) is 11.1 Å². The molecule has 0 fully saturated rings. The van der Waals surface area contributed by atoms with E-state index in [2.05, 4.69) is 0 Å². The summed E-state index contributed by atoms with van der Waals surface area (Å²) in [4.78, 5) is 0. The number of ether oxygens (including phenoxy) is 1. The quantitative estimate of drug-likeness (QED) is 0.833. The average Bonchev–Trinajstić information content (AvgIpc) is 2.34. The van der Waals surface area contributed by atoms with Crippen molar-refractivity contribution in [3.63, 3.8) is 0 Å². The summed E-state index contributed by atoms with van der Waals surface area (Å²) in [7, 11) is 0. The molecule has 2 nitrogen and oxygen atoms in total. The highest BCUT2D eigenvalue weighted by molar-refractivity contribution is 6.31. The van der Waals surface area contributed by atoms with Gasteiger partial charge >= 0.3 is 0 Å². The Bertz CT molecular complexity index is 525. The standard InChI is InChI=1S/C14H14ClNO/c1-2-17-14-6-4-3-5-11(14)12-9-10(15)7-8-13(12)16/h3-9H,2,16H2,1H3. The van der Waals surface area contributed by atoms with Crippen molar-refractivity contribution >= 4 is 17.3 Å². The Kier molecular flexibility index (Phi) is 3.55. The summed E-state index contributed by atoms with van der Waals surface area (Å²) in [6.45, 7) is 2.58. The molecule has 0 heterocycles. The topological polar surface area (TPSA) is 35.2 Å². The highest BCUT2D eigenvalue weighted by Crippen LogP contribution is 2.35. The number of rotatable bonds is 3. The maximum atomic E-state index is 6.00. The Hall–Kier alpha value is -1.67. The van der Waals surface area contributed by atoms with Crippen LogP contribution in [0.2, 0.25) is 5.02 Å². The Morgan fingerprint density at radius 3 is 2.65 bits per heavy atom. The molecule has 0 spiro atoms.